The lowest BCUT2D eigenvalue weighted by molar-refractivity contribution is 0.275. The Hall–Kier alpha value is -2.38. The van der Waals surface area contributed by atoms with Gasteiger partial charge in [0.25, 0.3) is 0 Å². The summed E-state index contributed by atoms with van der Waals surface area (Å²) in [7, 11) is 0. The lowest BCUT2D eigenvalue weighted by atomic mass is 10.1. The molecule has 1 aliphatic rings. The van der Waals surface area contributed by atoms with Crippen molar-refractivity contribution in [1.82, 2.24) is 4.90 Å². The molecule has 0 saturated heterocycles. The first-order valence-electron chi connectivity index (χ1n) is 6.44. The Morgan fingerprint density at radius 2 is 1.95 bits per heavy atom. The average Bonchev–Trinajstić information content (AvgIpc) is 2.82. The molecule has 2 N–H and O–H groups in total. The topological polar surface area (TPSA) is 53.0 Å². The van der Waals surface area contributed by atoms with Crippen LogP contribution in [0, 0.1) is 17.1 Å². The van der Waals surface area contributed by atoms with Crippen LogP contribution in [-0.4, -0.2) is 4.90 Å². The molecule has 3 nitrogen and oxygen atoms in total. The summed E-state index contributed by atoms with van der Waals surface area (Å²) in [6, 6.07) is 12.5. The second kappa shape index (κ2) is 4.95. The number of nitrogens with two attached hydrogens (primary N) is 1. The fourth-order valence-corrected chi connectivity index (χ4v) is 2.61. The van der Waals surface area contributed by atoms with Crippen LogP contribution < -0.4 is 5.73 Å². The van der Waals surface area contributed by atoms with Crippen LogP contribution >= 0.6 is 0 Å². The Balaban J connectivity index is 1.76. The van der Waals surface area contributed by atoms with E-state index in [-0.39, 0.29) is 5.56 Å². The van der Waals surface area contributed by atoms with E-state index in [0.29, 0.717) is 6.54 Å². The van der Waals surface area contributed by atoms with E-state index in [2.05, 4.69) is 11.0 Å². The number of nitriles is 1. The van der Waals surface area contributed by atoms with Crippen LogP contribution in [0.1, 0.15) is 22.3 Å². The van der Waals surface area contributed by atoms with E-state index < -0.39 is 5.82 Å². The Bertz CT molecular complexity index is 703. The highest BCUT2D eigenvalue weighted by Crippen LogP contribution is 2.26. The Kier molecular flexibility index (Phi) is 3.13. The van der Waals surface area contributed by atoms with Gasteiger partial charge < -0.3 is 5.73 Å². The average molecular weight is 267 g/mol. The van der Waals surface area contributed by atoms with Crippen molar-refractivity contribution in [3.05, 3.63) is 64.5 Å². The van der Waals surface area contributed by atoms with Crippen LogP contribution in [0.4, 0.5) is 10.1 Å². The molecule has 100 valence electrons. The summed E-state index contributed by atoms with van der Waals surface area (Å²) < 4.78 is 13.3. The molecule has 0 spiro atoms. The molecular formula is C16H14FN3. The van der Waals surface area contributed by atoms with Crippen molar-refractivity contribution in [1.29, 1.82) is 5.26 Å². The standard InChI is InChI=1S/C16H14FN3/c17-16-4-1-11(5-13(16)7-18)8-20-9-12-2-3-15(19)6-14(12)10-20/h1-6H,8-10,19H2. The van der Waals surface area contributed by atoms with Gasteiger partial charge in [0.2, 0.25) is 0 Å². The SMILES string of the molecule is N#Cc1cc(CN2Cc3ccc(N)cc3C2)ccc1F. The minimum atomic E-state index is -0.464. The van der Waals surface area contributed by atoms with Crippen molar-refractivity contribution in [2.45, 2.75) is 19.6 Å². The van der Waals surface area contributed by atoms with Gasteiger partial charge in [-0.05, 0) is 41.0 Å². The molecule has 0 atom stereocenters. The summed E-state index contributed by atoms with van der Waals surface area (Å²) >= 11 is 0. The van der Waals surface area contributed by atoms with Gasteiger partial charge >= 0.3 is 0 Å². The predicted molar refractivity (Wildman–Crippen MR) is 74.9 cm³/mol. The first-order valence-corrected chi connectivity index (χ1v) is 6.44. The highest BCUT2D eigenvalue weighted by molar-refractivity contribution is 5.46. The third kappa shape index (κ3) is 2.36. The van der Waals surface area contributed by atoms with E-state index in [1.54, 1.807) is 12.1 Å². The summed E-state index contributed by atoms with van der Waals surface area (Å²) in [6.07, 6.45) is 0. The summed E-state index contributed by atoms with van der Waals surface area (Å²) in [5, 5.41) is 8.86. The molecule has 1 aliphatic heterocycles. The third-order valence-electron chi connectivity index (χ3n) is 3.58. The van der Waals surface area contributed by atoms with Crippen molar-refractivity contribution < 1.29 is 4.39 Å². The molecule has 0 fully saturated rings. The third-order valence-corrected chi connectivity index (χ3v) is 3.58. The minimum Gasteiger partial charge on any atom is -0.399 e. The molecule has 2 aromatic rings. The molecule has 20 heavy (non-hydrogen) atoms. The van der Waals surface area contributed by atoms with Gasteiger partial charge in [0, 0.05) is 25.3 Å². The molecule has 0 aliphatic carbocycles. The fourth-order valence-electron chi connectivity index (χ4n) is 2.61. The van der Waals surface area contributed by atoms with Gasteiger partial charge in [-0.2, -0.15) is 5.26 Å². The number of benzene rings is 2. The first kappa shape index (κ1) is 12.6. The number of anilines is 1. The van der Waals surface area contributed by atoms with E-state index in [1.807, 2.05) is 18.2 Å². The molecule has 0 bridgehead atoms. The molecule has 0 radical (unpaired) electrons. The van der Waals surface area contributed by atoms with Crippen LogP contribution in [0.5, 0.6) is 0 Å². The molecule has 1 heterocycles. The number of rotatable bonds is 2. The zero-order valence-electron chi connectivity index (χ0n) is 10.9. The van der Waals surface area contributed by atoms with Crippen molar-refractivity contribution in [3.8, 4) is 6.07 Å². The van der Waals surface area contributed by atoms with Crippen molar-refractivity contribution >= 4 is 5.69 Å². The van der Waals surface area contributed by atoms with Crippen LogP contribution in [0.25, 0.3) is 0 Å². The predicted octanol–water partition coefficient (Wildman–Crippen LogP) is 2.80. The molecule has 0 unspecified atom stereocenters. The Morgan fingerprint density at radius 3 is 2.75 bits per heavy atom. The Morgan fingerprint density at radius 1 is 1.15 bits per heavy atom. The first-order chi connectivity index (χ1) is 9.65. The largest absolute Gasteiger partial charge is 0.399 e. The van der Waals surface area contributed by atoms with Gasteiger partial charge in [0.15, 0.2) is 0 Å². The molecule has 4 heteroatoms. The summed E-state index contributed by atoms with van der Waals surface area (Å²) in [5.74, 6) is -0.464. The maximum Gasteiger partial charge on any atom is 0.140 e. The summed E-state index contributed by atoms with van der Waals surface area (Å²) in [6.45, 7) is 2.39. The van der Waals surface area contributed by atoms with E-state index in [0.717, 1.165) is 24.3 Å². The van der Waals surface area contributed by atoms with E-state index >= 15 is 0 Å². The van der Waals surface area contributed by atoms with Gasteiger partial charge in [0.1, 0.15) is 11.9 Å². The quantitative estimate of drug-likeness (QED) is 0.851. The molecular weight excluding hydrogens is 253 g/mol. The van der Waals surface area contributed by atoms with Gasteiger partial charge in [-0.3, -0.25) is 4.90 Å². The monoisotopic (exact) mass is 267 g/mol. The zero-order chi connectivity index (χ0) is 14.1. The summed E-state index contributed by atoms with van der Waals surface area (Å²) in [5.41, 5.74) is 10.1. The highest BCUT2D eigenvalue weighted by Gasteiger charge is 2.19. The molecule has 3 rings (SSSR count). The number of halogens is 1. The molecule has 2 aromatic carbocycles. The smallest absolute Gasteiger partial charge is 0.140 e. The fraction of sp³-hybridized carbons (Fsp3) is 0.188. The van der Waals surface area contributed by atoms with Crippen molar-refractivity contribution in [3.63, 3.8) is 0 Å². The number of nitrogens with zero attached hydrogens (tertiary/aromatic N) is 2. The zero-order valence-corrected chi connectivity index (χ0v) is 10.9. The van der Waals surface area contributed by atoms with E-state index in [1.165, 1.54) is 17.2 Å². The highest BCUT2D eigenvalue weighted by atomic mass is 19.1. The van der Waals surface area contributed by atoms with E-state index in [9.17, 15) is 4.39 Å². The van der Waals surface area contributed by atoms with Gasteiger partial charge in [-0.15, -0.1) is 0 Å². The molecule has 0 aromatic heterocycles. The van der Waals surface area contributed by atoms with Crippen LogP contribution in [0.2, 0.25) is 0 Å². The van der Waals surface area contributed by atoms with Crippen molar-refractivity contribution in [2.24, 2.45) is 0 Å². The van der Waals surface area contributed by atoms with E-state index in [4.69, 9.17) is 11.0 Å². The lowest BCUT2D eigenvalue weighted by Crippen LogP contribution is -2.15. The molecule has 0 amide bonds. The van der Waals surface area contributed by atoms with Crippen molar-refractivity contribution in [2.75, 3.05) is 5.73 Å². The number of nitrogen functional groups attached to an aromatic ring is 1. The number of hydrogen-bond donors (Lipinski definition) is 1. The van der Waals surface area contributed by atoms with Crippen LogP contribution in [0.3, 0.4) is 0 Å². The second-order valence-electron chi connectivity index (χ2n) is 5.10. The van der Waals surface area contributed by atoms with Crippen LogP contribution in [0.15, 0.2) is 36.4 Å². The number of fused-ring (bicyclic) bond motifs is 1. The second-order valence-corrected chi connectivity index (χ2v) is 5.10. The van der Waals surface area contributed by atoms with Gasteiger partial charge in [-0.1, -0.05) is 12.1 Å². The molecule has 0 saturated carbocycles. The minimum absolute atomic E-state index is 0.100. The maximum atomic E-state index is 13.3. The number of hydrogen-bond acceptors (Lipinski definition) is 3. The summed E-state index contributed by atoms with van der Waals surface area (Å²) in [4.78, 5) is 2.25. The maximum absolute atomic E-state index is 13.3. The van der Waals surface area contributed by atoms with Gasteiger partial charge in [0.05, 0.1) is 5.56 Å². The Labute approximate surface area is 117 Å². The normalized spacial score (nSPS) is 14.0. The lowest BCUT2D eigenvalue weighted by Gasteiger charge is -2.14. The van der Waals surface area contributed by atoms with Crippen LogP contribution in [-0.2, 0) is 19.6 Å². The van der Waals surface area contributed by atoms with Gasteiger partial charge in [-0.25, -0.2) is 4.39 Å².